The zero-order chi connectivity index (χ0) is 41.3. The number of primary amides is 1. The number of rotatable bonds is 19. The largest absolute Gasteiger partial charge is 0.508 e. The van der Waals surface area contributed by atoms with Crippen molar-refractivity contribution in [2.45, 2.75) is 81.1 Å². The highest BCUT2D eigenvalue weighted by Crippen LogP contribution is 2.26. The van der Waals surface area contributed by atoms with Gasteiger partial charge >= 0.3 is 0 Å². The van der Waals surface area contributed by atoms with E-state index in [-0.39, 0.29) is 31.0 Å². The van der Waals surface area contributed by atoms with Gasteiger partial charge in [0.05, 0.1) is 11.5 Å². The second kappa shape index (κ2) is 19.4. The molecular weight excluding hydrogens is 677 g/mol. The Morgan fingerprint density at radius 3 is 1.81 bits per heavy atom. The van der Waals surface area contributed by atoms with Crippen molar-refractivity contribution in [1.82, 2.24) is 21.3 Å². The molecule has 0 aromatic heterocycles. The average molecular weight is 734 g/mol. The highest BCUT2D eigenvalue weighted by atomic mass is 16.3. The van der Waals surface area contributed by atoms with Gasteiger partial charge in [0.15, 0.2) is 5.96 Å². The van der Waals surface area contributed by atoms with Gasteiger partial charge in [-0.25, -0.2) is 0 Å². The summed E-state index contributed by atoms with van der Waals surface area (Å²) in [6, 6.07) is -0.103. The van der Waals surface area contributed by atoms with Gasteiger partial charge in [0.2, 0.25) is 23.6 Å². The number of nitrogens with one attached hydrogen (secondary N) is 5. The Balaban J connectivity index is 2.54. The number of guanidine groups is 1. The monoisotopic (exact) mass is 736 g/mol. The topological polar surface area (TPSA) is 265 Å². The van der Waals surface area contributed by atoms with Gasteiger partial charge in [0, 0.05) is 13.0 Å². The number of aryl methyl sites for hydroxylation is 2. The van der Waals surface area contributed by atoms with Crippen molar-refractivity contribution in [3.05, 3.63) is 34.4 Å². The van der Waals surface area contributed by atoms with Gasteiger partial charge in [-0.05, 0) is 86.5 Å². The number of carbonyl (C=O) groups excluding carboxylic acids is 4. The first kappa shape index (κ1) is 46.0. The molecule has 54 heavy (non-hydrogen) atoms. The molecule has 0 radical (unpaired) electrons. The summed E-state index contributed by atoms with van der Waals surface area (Å²) in [7, 11) is 15.5. The van der Waals surface area contributed by atoms with E-state index in [1.807, 2.05) is 47.1 Å². The Bertz CT molecular complexity index is 1700. The van der Waals surface area contributed by atoms with Crippen LogP contribution in [-0.4, -0.2) is 134 Å². The molecule has 2 rings (SSSR count). The minimum atomic E-state index is -1.59. The van der Waals surface area contributed by atoms with Crippen LogP contribution in [0.5, 0.6) is 5.75 Å². The Morgan fingerprint density at radius 2 is 1.31 bits per heavy atom. The number of benzene rings is 2. The molecule has 0 aliphatic heterocycles. The number of carbonyl (C=O) groups is 4. The molecule has 2 aromatic rings. The predicted octanol–water partition coefficient (Wildman–Crippen LogP) is -12.4. The number of unbranched alkanes of at least 4 members (excludes halogenated alkanes) is 1. The molecule has 0 fully saturated rings. The van der Waals surface area contributed by atoms with Crippen LogP contribution in [0.15, 0.2) is 12.1 Å². The fourth-order valence-electron chi connectivity index (χ4n) is 7.24. The fraction of sp³-hybridized carbons (Fsp3) is 0.469. The molecule has 14 N–H and O–H groups in total. The van der Waals surface area contributed by atoms with Crippen LogP contribution < -0.4 is 71.5 Å². The van der Waals surface area contributed by atoms with Crippen molar-refractivity contribution in [2.75, 3.05) is 13.1 Å². The second-order valence-electron chi connectivity index (χ2n) is 15.4. The lowest BCUT2D eigenvalue weighted by Gasteiger charge is -2.47. The molecule has 0 unspecified atom stereocenters. The number of hydrogen-bond acceptors (Lipinski definition) is 8. The minimum Gasteiger partial charge on any atom is -0.508 e. The maximum Gasteiger partial charge on any atom is 0.243 e. The van der Waals surface area contributed by atoms with Gasteiger partial charge in [-0.15, -0.1) is 16.4 Å². The normalized spacial score (nSPS) is 14.1. The average Bonchev–Trinajstić information content (AvgIpc) is 3.08. The summed E-state index contributed by atoms with van der Waals surface area (Å²) in [6.07, 6.45) is 2.01. The van der Waals surface area contributed by atoms with Crippen LogP contribution in [0.25, 0.3) is 0 Å². The lowest BCUT2D eigenvalue weighted by molar-refractivity contribution is -0.134. The van der Waals surface area contributed by atoms with E-state index in [4.69, 9.17) is 28.3 Å². The summed E-state index contributed by atoms with van der Waals surface area (Å²) in [5.74, 6) is -2.68. The van der Waals surface area contributed by atoms with E-state index in [0.717, 1.165) is 38.4 Å². The molecule has 0 aliphatic carbocycles. The van der Waals surface area contributed by atoms with Gasteiger partial charge in [-0.3, -0.25) is 24.6 Å². The minimum absolute atomic E-state index is 0.0436. The van der Waals surface area contributed by atoms with Crippen LogP contribution in [0.2, 0.25) is 0 Å². The molecule has 4 amide bonds. The lowest BCUT2D eigenvalue weighted by Crippen LogP contribution is -2.75. The summed E-state index contributed by atoms with van der Waals surface area (Å²) in [6.45, 7) is 4.30. The van der Waals surface area contributed by atoms with Gasteiger partial charge in [0.1, 0.15) is 80.6 Å². The first-order valence-electron chi connectivity index (χ1n) is 18.6. The summed E-state index contributed by atoms with van der Waals surface area (Å²) in [5, 5.41) is 27.7. The van der Waals surface area contributed by atoms with Crippen molar-refractivity contribution in [1.29, 1.82) is 5.41 Å². The Hall–Kier alpha value is -4.17. The van der Waals surface area contributed by atoms with Crippen LogP contribution in [0.1, 0.15) is 54.4 Å². The zero-order valence-corrected chi connectivity index (χ0v) is 33.9. The summed E-state index contributed by atoms with van der Waals surface area (Å²) in [4.78, 5) is 55.4. The third-order valence-electron chi connectivity index (χ3n) is 11.4. The van der Waals surface area contributed by atoms with E-state index in [2.05, 4.69) is 29.1 Å². The number of nitrogens with two attached hydrogens (primary N) is 4. The van der Waals surface area contributed by atoms with Crippen LogP contribution in [-0.2, 0) is 30.8 Å². The van der Waals surface area contributed by atoms with Crippen LogP contribution in [0, 0.1) is 19.3 Å². The van der Waals surface area contributed by atoms with Crippen LogP contribution in [0.4, 0.5) is 0 Å². The molecule has 0 heterocycles. The summed E-state index contributed by atoms with van der Waals surface area (Å²) >= 11 is 0. The maximum atomic E-state index is 14.4. The second-order valence-corrected chi connectivity index (χ2v) is 15.4. The van der Waals surface area contributed by atoms with Gasteiger partial charge < -0.3 is 49.3 Å². The number of aromatic hydroxyl groups is 1. The molecular formula is C32H57B8N9O5. The molecule has 0 bridgehead atoms. The Kier molecular flexibility index (Phi) is 16.5. The smallest absolute Gasteiger partial charge is 0.243 e. The number of phenols is 1. The third kappa shape index (κ3) is 11.0. The summed E-state index contributed by atoms with van der Waals surface area (Å²) < 4.78 is 0. The van der Waals surface area contributed by atoms with E-state index in [1.54, 1.807) is 33.8 Å². The maximum absolute atomic E-state index is 14.4. The van der Waals surface area contributed by atoms with Gasteiger partial charge in [-0.2, -0.15) is 0 Å². The van der Waals surface area contributed by atoms with Crippen LogP contribution >= 0.6 is 0 Å². The quantitative estimate of drug-likeness (QED) is 0.0284. The zero-order valence-electron chi connectivity index (χ0n) is 33.9. The van der Waals surface area contributed by atoms with E-state index in [1.165, 1.54) is 0 Å². The van der Waals surface area contributed by atoms with Crippen LogP contribution in [0.3, 0.4) is 0 Å². The predicted molar refractivity (Wildman–Crippen MR) is 240 cm³/mol. The van der Waals surface area contributed by atoms with E-state index >= 15 is 0 Å². The van der Waals surface area contributed by atoms with E-state index < -0.39 is 52.4 Å². The molecule has 0 saturated carbocycles. The SMILES string of the molecule is Bc1c(B)c(B)c(C(B)(B)[C@](B)(NC(=O)[C@H](CCCCN)NC(=O)[C@H](Cc2c(C)cc(O)cc2C)NC(=O)[C@H](N)CCCNC(=N)N)C(N)=O)c(B)c1B. The third-order valence-corrected chi connectivity index (χ3v) is 11.4. The lowest BCUT2D eigenvalue weighted by atomic mass is 9.34. The first-order valence-corrected chi connectivity index (χ1v) is 18.6. The molecule has 2 aromatic carbocycles. The molecule has 0 spiro atoms. The van der Waals surface area contributed by atoms with Gasteiger partial charge in [-0.1, -0.05) is 16.5 Å². The number of hydrogen-bond donors (Lipinski definition) is 10. The van der Waals surface area contributed by atoms with Crippen molar-refractivity contribution in [3.8, 4) is 5.75 Å². The Morgan fingerprint density at radius 1 is 0.796 bits per heavy atom. The molecule has 4 atom stereocenters. The molecule has 22 heteroatoms. The molecule has 0 saturated heterocycles. The number of amides is 4. The Labute approximate surface area is 327 Å². The number of phenolic OH excluding ortho intramolecular Hbond substituents is 1. The van der Waals surface area contributed by atoms with E-state index in [0.29, 0.717) is 43.5 Å². The van der Waals surface area contributed by atoms with Gasteiger partial charge in [0.25, 0.3) is 0 Å². The highest BCUT2D eigenvalue weighted by Gasteiger charge is 2.49. The van der Waals surface area contributed by atoms with Crippen molar-refractivity contribution in [3.63, 3.8) is 0 Å². The molecule has 14 nitrogen and oxygen atoms in total. The first-order chi connectivity index (χ1) is 25.0. The van der Waals surface area contributed by atoms with Crippen molar-refractivity contribution >= 4 is 120 Å². The molecule has 284 valence electrons. The van der Waals surface area contributed by atoms with Crippen molar-refractivity contribution < 1.29 is 24.3 Å². The highest BCUT2D eigenvalue weighted by molar-refractivity contribution is 6.68. The van der Waals surface area contributed by atoms with Crippen molar-refractivity contribution in [2.24, 2.45) is 22.9 Å². The summed E-state index contributed by atoms with van der Waals surface area (Å²) in [5.41, 5.74) is 30.3. The standard InChI is InChI=1S/C32H57B8N9O5/c1-13-10-15(50)11-14(2)16(13)12-19(48-26(51)17(42)6-5-9-46-30(44)45)27(52)47-18(7-3-4-8-41)28(53)49-32(40,29(43)54)31(38,39)20-21(33)23(35)25(37)24(36)22(20)34/h10-11,17-19,50H,3-9,12,33-42H2,1-2H3,(H2,43,54)(H,47,52)(H,48,51)(H,49,53)(H4,44,45,46)/t17-,18+,19+,32-/m1/s1. The van der Waals surface area contributed by atoms with E-state index in [9.17, 15) is 24.3 Å². The fourth-order valence-corrected chi connectivity index (χ4v) is 7.24. The molecule has 0 aliphatic rings.